The topological polar surface area (TPSA) is 120 Å². The maximum absolute atomic E-state index is 12.8. The Balaban J connectivity index is 1.94. The first kappa shape index (κ1) is 21.2. The summed E-state index contributed by atoms with van der Waals surface area (Å²) in [6.07, 6.45) is 1.41. The number of anilines is 1. The van der Waals surface area contributed by atoms with Crippen molar-refractivity contribution in [2.24, 2.45) is 5.10 Å². The lowest BCUT2D eigenvalue weighted by Crippen LogP contribution is -2.45. The lowest BCUT2D eigenvalue weighted by molar-refractivity contribution is -0.0493. The molecule has 1 aliphatic rings. The van der Waals surface area contributed by atoms with Crippen LogP contribution in [0.25, 0.3) is 0 Å². The van der Waals surface area contributed by atoms with Gasteiger partial charge in [-0.1, -0.05) is 17.7 Å². The average Bonchev–Trinajstić information content (AvgIpc) is 3.09. The van der Waals surface area contributed by atoms with Gasteiger partial charge in [0, 0.05) is 13.2 Å². The van der Waals surface area contributed by atoms with E-state index in [9.17, 15) is 18.4 Å². The van der Waals surface area contributed by atoms with E-state index in [0.29, 0.717) is 5.56 Å². The summed E-state index contributed by atoms with van der Waals surface area (Å²) >= 11 is 6.28. The Bertz CT molecular complexity index is 1020. The van der Waals surface area contributed by atoms with Crippen molar-refractivity contribution in [2.45, 2.75) is 13.5 Å². The second kappa shape index (κ2) is 8.88. The quantitative estimate of drug-likeness (QED) is 0.561. The summed E-state index contributed by atoms with van der Waals surface area (Å²) in [5.74, 6) is -1.67. The third-order valence-corrected chi connectivity index (χ3v) is 4.34. The number of nitrogens with one attached hydrogen (secondary N) is 4. The van der Waals surface area contributed by atoms with Gasteiger partial charge < -0.3 is 10.1 Å². The molecule has 0 spiro atoms. The molecule has 0 unspecified atom stereocenters. The monoisotopic (exact) mass is 439 g/mol. The average molecular weight is 440 g/mol. The van der Waals surface area contributed by atoms with Gasteiger partial charge in [0.2, 0.25) is 5.96 Å². The number of rotatable bonds is 5. The van der Waals surface area contributed by atoms with Crippen molar-refractivity contribution in [3.8, 4) is 5.75 Å². The van der Waals surface area contributed by atoms with Crippen LogP contribution >= 0.6 is 11.6 Å². The van der Waals surface area contributed by atoms with Gasteiger partial charge in [-0.2, -0.15) is 8.78 Å². The first-order valence-electron chi connectivity index (χ1n) is 8.41. The molecule has 10 nitrogen and oxygen atoms in total. The van der Waals surface area contributed by atoms with Crippen molar-refractivity contribution in [1.29, 1.82) is 0 Å². The normalized spacial score (nSPS) is 13.0. The lowest BCUT2D eigenvalue weighted by Gasteiger charge is -2.17. The van der Waals surface area contributed by atoms with E-state index in [1.54, 1.807) is 26.1 Å². The molecule has 3 rings (SSSR count). The number of guanidine groups is 1. The third kappa shape index (κ3) is 4.55. The van der Waals surface area contributed by atoms with E-state index in [1.165, 1.54) is 17.3 Å². The molecule has 4 N–H and O–H groups in total. The van der Waals surface area contributed by atoms with E-state index in [0.717, 1.165) is 6.07 Å². The number of carbonyl (C=O) groups excluding carboxylic acids is 2. The van der Waals surface area contributed by atoms with E-state index >= 15 is 0 Å². The molecule has 2 heterocycles. The van der Waals surface area contributed by atoms with Crippen LogP contribution in [0.4, 0.5) is 14.5 Å². The highest BCUT2D eigenvalue weighted by Gasteiger charge is 2.24. The van der Waals surface area contributed by atoms with Crippen molar-refractivity contribution < 1.29 is 23.1 Å². The minimum Gasteiger partial charge on any atom is -0.433 e. The second-order valence-corrected chi connectivity index (χ2v) is 6.35. The van der Waals surface area contributed by atoms with Gasteiger partial charge in [-0.15, -0.1) is 10.6 Å². The van der Waals surface area contributed by atoms with Crippen LogP contribution in [0.15, 0.2) is 35.6 Å². The molecular weight excluding hydrogens is 424 g/mol. The van der Waals surface area contributed by atoms with E-state index < -0.39 is 24.2 Å². The van der Waals surface area contributed by atoms with Crippen LogP contribution in [-0.2, 0) is 0 Å². The third-order valence-electron chi connectivity index (χ3n) is 3.95. The maximum atomic E-state index is 12.8. The summed E-state index contributed by atoms with van der Waals surface area (Å²) < 4.78 is 30.1. The molecule has 0 saturated heterocycles. The van der Waals surface area contributed by atoms with Crippen molar-refractivity contribution in [3.63, 3.8) is 0 Å². The van der Waals surface area contributed by atoms with Crippen LogP contribution in [0, 0.1) is 6.92 Å². The first-order valence-corrected chi connectivity index (χ1v) is 8.79. The zero-order valence-corrected chi connectivity index (χ0v) is 16.4. The van der Waals surface area contributed by atoms with Gasteiger partial charge in [0.1, 0.15) is 11.4 Å². The molecule has 0 bridgehead atoms. The number of amides is 2. The predicted octanol–water partition coefficient (Wildman–Crippen LogP) is 1.85. The van der Waals surface area contributed by atoms with E-state index in [4.69, 9.17) is 11.6 Å². The van der Waals surface area contributed by atoms with Crippen molar-refractivity contribution in [2.75, 3.05) is 12.4 Å². The molecule has 1 aromatic heterocycles. The molecule has 0 atom stereocenters. The fourth-order valence-electron chi connectivity index (χ4n) is 2.50. The highest BCUT2D eigenvalue weighted by molar-refractivity contribution is 6.37. The highest BCUT2D eigenvalue weighted by Crippen LogP contribution is 2.36. The number of aryl methyl sites for hydroxylation is 1. The van der Waals surface area contributed by atoms with Crippen molar-refractivity contribution >= 4 is 35.1 Å². The maximum Gasteiger partial charge on any atom is 0.387 e. The van der Waals surface area contributed by atoms with Crippen LogP contribution in [0.3, 0.4) is 0 Å². The summed E-state index contributed by atoms with van der Waals surface area (Å²) in [5, 5.41) is 9.76. The number of halogens is 3. The molecule has 1 aromatic carbocycles. The summed E-state index contributed by atoms with van der Waals surface area (Å²) in [4.78, 5) is 29.2. The number of nitrogens with zero attached hydrogens (tertiary/aromatic N) is 3. The van der Waals surface area contributed by atoms with Crippen LogP contribution < -0.4 is 26.4 Å². The SMILES string of the molecule is Cc1cccnc1C(=O)Nc1c(OC(F)F)ccc(C(=O)NC2=NNNN2C)c1Cl. The van der Waals surface area contributed by atoms with Crippen LogP contribution in [0.1, 0.15) is 26.4 Å². The van der Waals surface area contributed by atoms with Crippen molar-refractivity contribution in [1.82, 2.24) is 26.4 Å². The van der Waals surface area contributed by atoms with Gasteiger partial charge in [0.15, 0.2) is 5.75 Å². The number of hydrogen-bond acceptors (Lipinski definition) is 8. The summed E-state index contributed by atoms with van der Waals surface area (Å²) in [6, 6.07) is 5.59. The zero-order valence-electron chi connectivity index (χ0n) is 15.7. The molecule has 2 amide bonds. The fourth-order valence-corrected chi connectivity index (χ4v) is 2.79. The Hall–Kier alpha value is -3.51. The standard InChI is InChI=1S/C17H16ClF2N7O3/c1-8-4-3-7-21-12(8)15(29)22-13-10(30-16(19)20)6-5-9(11(13)18)14(28)23-17-24-25-26-27(17)2/h3-7,16,25-26H,1-2H3,(H,22,29)(H,23,24,28). The molecular formula is C17H16ClF2N7O3. The Kier molecular flexibility index (Phi) is 6.28. The largest absolute Gasteiger partial charge is 0.433 e. The minimum absolute atomic E-state index is 0.0607. The van der Waals surface area contributed by atoms with Crippen LogP contribution in [-0.4, -0.2) is 41.4 Å². The predicted molar refractivity (Wildman–Crippen MR) is 104 cm³/mol. The summed E-state index contributed by atoms with van der Waals surface area (Å²) in [7, 11) is 1.58. The molecule has 0 radical (unpaired) electrons. The number of hydrazine groups is 2. The van der Waals surface area contributed by atoms with Crippen molar-refractivity contribution in [3.05, 3.63) is 52.3 Å². The first-order chi connectivity index (χ1) is 14.3. The number of pyridine rings is 1. The van der Waals surface area contributed by atoms with Gasteiger partial charge in [0.05, 0.1) is 10.6 Å². The van der Waals surface area contributed by atoms with E-state index in [1.807, 2.05) is 0 Å². The van der Waals surface area contributed by atoms with Crippen LogP contribution in [0.2, 0.25) is 5.02 Å². The second-order valence-electron chi connectivity index (χ2n) is 5.97. The highest BCUT2D eigenvalue weighted by atomic mass is 35.5. The van der Waals surface area contributed by atoms with Gasteiger partial charge in [-0.05, 0) is 30.7 Å². The number of aromatic nitrogens is 1. The van der Waals surface area contributed by atoms with E-state index in [-0.39, 0.29) is 27.9 Å². The van der Waals surface area contributed by atoms with Gasteiger partial charge >= 0.3 is 6.61 Å². The smallest absolute Gasteiger partial charge is 0.387 e. The number of hydrogen-bond donors (Lipinski definition) is 4. The Morgan fingerprint density at radius 1 is 1.23 bits per heavy atom. The molecule has 0 fully saturated rings. The number of carbonyl (C=O) groups is 2. The Labute approximate surface area is 174 Å². The Morgan fingerprint density at radius 3 is 2.63 bits per heavy atom. The lowest BCUT2D eigenvalue weighted by atomic mass is 10.1. The number of hydrazone groups is 1. The molecule has 158 valence electrons. The Morgan fingerprint density at radius 2 is 2.00 bits per heavy atom. The van der Waals surface area contributed by atoms with Gasteiger partial charge in [0.25, 0.3) is 11.8 Å². The summed E-state index contributed by atoms with van der Waals surface area (Å²) in [5.41, 5.74) is 5.25. The summed E-state index contributed by atoms with van der Waals surface area (Å²) in [6.45, 7) is -1.52. The molecule has 0 aliphatic carbocycles. The van der Waals surface area contributed by atoms with Gasteiger partial charge in [-0.25, -0.2) is 5.53 Å². The molecule has 30 heavy (non-hydrogen) atoms. The number of benzene rings is 1. The minimum atomic E-state index is -3.17. The van der Waals surface area contributed by atoms with Gasteiger partial charge in [-0.3, -0.25) is 24.9 Å². The molecule has 13 heteroatoms. The fraction of sp³-hybridized carbons (Fsp3) is 0.176. The van der Waals surface area contributed by atoms with Crippen LogP contribution in [0.5, 0.6) is 5.75 Å². The molecule has 2 aromatic rings. The molecule has 0 saturated carbocycles. The number of alkyl halides is 2. The number of ether oxygens (including phenoxy) is 1. The zero-order chi connectivity index (χ0) is 21.8. The van der Waals surface area contributed by atoms with E-state index in [2.05, 4.69) is 36.5 Å². The molecule has 1 aliphatic heterocycles.